The van der Waals surface area contributed by atoms with Gasteiger partial charge in [-0.15, -0.1) is 0 Å². The molecule has 0 bridgehead atoms. The van der Waals surface area contributed by atoms with Crippen molar-refractivity contribution in [3.05, 3.63) is 102 Å². The molecule has 3 rings (SSSR count). The first-order chi connectivity index (χ1) is 13.6. The monoisotopic (exact) mass is 374 g/mol. The largest absolute Gasteiger partial charge is 0.507 e. The van der Waals surface area contributed by atoms with Gasteiger partial charge in [0.15, 0.2) is 0 Å². The molecule has 0 aliphatic rings. The van der Waals surface area contributed by atoms with Crippen LogP contribution in [0, 0.1) is 0 Å². The Morgan fingerprint density at radius 1 is 0.786 bits per heavy atom. The third kappa shape index (κ3) is 5.20. The number of hydrogen-bond donors (Lipinski definition) is 3. The molecule has 3 aromatic rings. The molecule has 0 spiro atoms. The Hall–Kier alpha value is -3.60. The zero-order chi connectivity index (χ0) is 19.8. The van der Waals surface area contributed by atoms with Crippen LogP contribution >= 0.6 is 0 Å². The highest BCUT2D eigenvalue weighted by Gasteiger charge is 2.23. The van der Waals surface area contributed by atoms with E-state index in [4.69, 9.17) is 0 Å². The van der Waals surface area contributed by atoms with Crippen LogP contribution < -0.4 is 10.6 Å². The Labute approximate surface area is 164 Å². The Bertz CT molecular complexity index is 927. The van der Waals surface area contributed by atoms with Crippen molar-refractivity contribution in [1.82, 2.24) is 10.6 Å². The van der Waals surface area contributed by atoms with Crippen molar-refractivity contribution in [3.8, 4) is 5.75 Å². The summed E-state index contributed by atoms with van der Waals surface area (Å²) >= 11 is 0. The summed E-state index contributed by atoms with van der Waals surface area (Å²) in [6, 6.07) is 24.6. The lowest BCUT2D eigenvalue weighted by atomic mass is 10.0. The summed E-state index contributed by atoms with van der Waals surface area (Å²) < 4.78 is 0. The molecule has 1 unspecified atom stereocenters. The molecule has 0 heterocycles. The summed E-state index contributed by atoms with van der Waals surface area (Å²) in [5, 5.41) is 15.5. The number of phenolic OH excluding ortho intramolecular Hbond substituents is 1. The van der Waals surface area contributed by atoms with Crippen LogP contribution in [0.2, 0.25) is 0 Å². The van der Waals surface area contributed by atoms with Gasteiger partial charge in [0.25, 0.3) is 5.91 Å². The minimum atomic E-state index is -0.766. The fourth-order valence-electron chi connectivity index (χ4n) is 2.87. The Balaban J connectivity index is 1.73. The number of nitrogens with one attached hydrogen (secondary N) is 2. The maximum Gasteiger partial charge on any atom is 0.255 e. The first-order valence-corrected chi connectivity index (χ1v) is 9.08. The van der Waals surface area contributed by atoms with Crippen LogP contribution in [0.1, 0.15) is 21.5 Å². The van der Waals surface area contributed by atoms with E-state index in [0.717, 1.165) is 11.1 Å². The van der Waals surface area contributed by atoms with Gasteiger partial charge in [-0.3, -0.25) is 9.59 Å². The van der Waals surface area contributed by atoms with E-state index in [-0.39, 0.29) is 17.2 Å². The maximum absolute atomic E-state index is 12.8. The smallest absolute Gasteiger partial charge is 0.255 e. The predicted molar refractivity (Wildman–Crippen MR) is 108 cm³/mol. The number of amides is 2. The van der Waals surface area contributed by atoms with Gasteiger partial charge in [-0.2, -0.15) is 0 Å². The number of hydrogen-bond acceptors (Lipinski definition) is 3. The number of rotatable bonds is 7. The number of aromatic hydroxyl groups is 1. The molecule has 0 aliphatic heterocycles. The van der Waals surface area contributed by atoms with Gasteiger partial charge in [-0.1, -0.05) is 72.8 Å². The number of para-hydroxylation sites is 1. The number of benzene rings is 3. The van der Waals surface area contributed by atoms with Crippen molar-refractivity contribution in [2.75, 3.05) is 0 Å². The number of carbonyl (C=O) groups is 2. The van der Waals surface area contributed by atoms with E-state index >= 15 is 0 Å². The highest BCUT2D eigenvalue weighted by atomic mass is 16.3. The molecule has 3 N–H and O–H groups in total. The van der Waals surface area contributed by atoms with E-state index in [2.05, 4.69) is 10.6 Å². The molecule has 1 atom stereocenters. The van der Waals surface area contributed by atoms with Crippen molar-refractivity contribution < 1.29 is 14.7 Å². The molecule has 0 aliphatic carbocycles. The van der Waals surface area contributed by atoms with E-state index in [1.54, 1.807) is 12.1 Å². The maximum atomic E-state index is 12.8. The molecule has 142 valence electrons. The van der Waals surface area contributed by atoms with E-state index in [1.807, 2.05) is 60.7 Å². The second kappa shape index (κ2) is 9.37. The molecule has 0 radical (unpaired) electrons. The summed E-state index contributed by atoms with van der Waals surface area (Å²) in [6.45, 7) is 0.372. The van der Waals surface area contributed by atoms with E-state index < -0.39 is 11.9 Å². The van der Waals surface area contributed by atoms with Gasteiger partial charge in [0, 0.05) is 13.0 Å². The lowest BCUT2D eigenvalue weighted by Gasteiger charge is -2.19. The van der Waals surface area contributed by atoms with Crippen molar-refractivity contribution >= 4 is 11.8 Å². The Morgan fingerprint density at radius 3 is 2.00 bits per heavy atom. The second-order valence-electron chi connectivity index (χ2n) is 6.44. The zero-order valence-electron chi connectivity index (χ0n) is 15.3. The van der Waals surface area contributed by atoms with E-state index in [1.165, 1.54) is 12.1 Å². The summed E-state index contributed by atoms with van der Waals surface area (Å²) in [5.74, 6) is -0.895. The minimum Gasteiger partial charge on any atom is -0.507 e. The number of carbonyl (C=O) groups excluding carboxylic acids is 2. The van der Waals surface area contributed by atoms with Crippen molar-refractivity contribution in [3.63, 3.8) is 0 Å². The van der Waals surface area contributed by atoms with Crippen LogP contribution in [0.4, 0.5) is 0 Å². The quantitative estimate of drug-likeness (QED) is 0.595. The summed E-state index contributed by atoms with van der Waals surface area (Å²) in [6.07, 6.45) is 0.348. The molecule has 2 amide bonds. The molecule has 3 aromatic carbocycles. The molecule has 5 nitrogen and oxygen atoms in total. The van der Waals surface area contributed by atoms with Gasteiger partial charge in [0.1, 0.15) is 11.8 Å². The van der Waals surface area contributed by atoms with Gasteiger partial charge in [0.2, 0.25) is 5.91 Å². The van der Waals surface area contributed by atoms with Crippen LogP contribution in [0.5, 0.6) is 5.75 Å². The summed E-state index contributed by atoms with van der Waals surface area (Å²) in [5.41, 5.74) is 2.04. The zero-order valence-corrected chi connectivity index (χ0v) is 15.3. The first kappa shape index (κ1) is 19.2. The molecular weight excluding hydrogens is 352 g/mol. The molecule has 0 aromatic heterocycles. The first-order valence-electron chi connectivity index (χ1n) is 9.08. The Morgan fingerprint density at radius 2 is 1.36 bits per heavy atom. The summed E-state index contributed by atoms with van der Waals surface area (Å²) in [4.78, 5) is 25.4. The SMILES string of the molecule is O=C(NC(Cc1ccccc1)C(=O)NCc1ccccc1)c1ccccc1O. The van der Waals surface area contributed by atoms with Gasteiger partial charge >= 0.3 is 0 Å². The third-order valence-corrected chi connectivity index (χ3v) is 4.36. The van der Waals surface area contributed by atoms with Crippen LogP contribution in [-0.4, -0.2) is 23.0 Å². The molecule has 28 heavy (non-hydrogen) atoms. The van der Waals surface area contributed by atoms with Crippen LogP contribution in [0.25, 0.3) is 0 Å². The van der Waals surface area contributed by atoms with Crippen molar-refractivity contribution in [1.29, 1.82) is 0 Å². The predicted octanol–water partition coefficient (Wildman–Crippen LogP) is 3.05. The Kier molecular flexibility index (Phi) is 6.41. The highest BCUT2D eigenvalue weighted by molar-refractivity contribution is 5.99. The molecule has 0 saturated carbocycles. The van der Waals surface area contributed by atoms with E-state index in [0.29, 0.717) is 13.0 Å². The second-order valence-corrected chi connectivity index (χ2v) is 6.44. The average Bonchev–Trinajstić information content (AvgIpc) is 2.73. The van der Waals surface area contributed by atoms with E-state index in [9.17, 15) is 14.7 Å². The van der Waals surface area contributed by atoms with Crippen LogP contribution in [0.15, 0.2) is 84.9 Å². The van der Waals surface area contributed by atoms with Gasteiger partial charge < -0.3 is 15.7 Å². The molecular formula is C23H22N2O3. The van der Waals surface area contributed by atoms with Gasteiger partial charge in [-0.25, -0.2) is 0 Å². The lowest BCUT2D eigenvalue weighted by molar-refractivity contribution is -0.123. The van der Waals surface area contributed by atoms with Crippen molar-refractivity contribution in [2.45, 2.75) is 19.0 Å². The fourth-order valence-corrected chi connectivity index (χ4v) is 2.87. The average molecular weight is 374 g/mol. The highest BCUT2D eigenvalue weighted by Crippen LogP contribution is 2.16. The van der Waals surface area contributed by atoms with Crippen LogP contribution in [0.3, 0.4) is 0 Å². The topological polar surface area (TPSA) is 78.4 Å². The molecule has 0 saturated heterocycles. The van der Waals surface area contributed by atoms with Crippen LogP contribution in [-0.2, 0) is 17.8 Å². The number of phenols is 1. The normalized spacial score (nSPS) is 11.4. The van der Waals surface area contributed by atoms with Crippen molar-refractivity contribution in [2.24, 2.45) is 0 Å². The minimum absolute atomic E-state index is 0.122. The lowest BCUT2D eigenvalue weighted by Crippen LogP contribution is -2.47. The standard InChI is InChI=1S/C23H22N2O3/c26-21-14-8-7-13-19(21)22(27)25-20(15-17-9-3-1-4-10-17)23(28)24-16-18-11-5-2-6-12-18/h1-14,20,26H,15-16H2,(H,24,28)(H,25,27). The summed E-state index contributed by atoms with van der Waals surface area (Å²) in [7, 11) is 0. The molecule has 5 heteroatoms. The molecule has 0 fully saturated rings. The third-order valence-electron chi connectivity index (χ3n) is 4.36. The van der Waals surface area contributed by atoms with Gasteiger partial charge in [-0.05, 0) is 23.3 Å². The van der Waals surface area contributed by atoms with Gasteiger partial charge in [0.05, 0.1) is 5.56 Å². The fraction of sp³-hybridized carbons (Fsp3) is 0.130.